The van der Waals surface area contributed by atoms with Gasteiger partial charge in [-0.3, -0.25) is 0 Å². The van der Waals surface area contributed by atoms with Gasteiger partial charge in [-0.1, -0.05) is 29.3 Å². The van der Waals surface area contributed by atoms with E-state index in [4.69, 9.17) is 27.9 Å². The van der Waals surface area contributed by atoms with E-state index in [9.17, 15) is 4.79 Å². The highest BCUT2D eigenvalue weighted by molar-refractivity contribution is 7.09. The highest BCUT2D eigenvalue weighted by Crippen LogP contribution is 2.29. The first kappa shape index (κ1) is 18.5. The molecule has 1 N–H and O–H groups in total. The number of ether oxygens (including phenoxy) is 1. The number of aryl methyl sites for hydroxylation is 1. The Balaban J connectivity index is 1.85. The van der Waals surface area contributed by atoms with Crippen LogP contribution in [0.15, 0.2) is 23.2 Å². The summed E-state index contributed by atoms with van der Waals surface area (Å²) < 4.78 is 7.77. The third kappa shape index (κ3) is 4.26. The van der Waals surface area contributed by atoms with E-state index in [1.54, 1.807) is 18.2 Å². The average Bonchev–Trinajstić information content (AvgIpc) is 3.16. The average molecular weight is 400 g/mol. The molecule has 2 amide bonds. The van der Waals surface area contributed by atoms with Gasteiger partial charge in [0.25, 0.3) is 0 Å². The Labute approximate surface area is 160 Å². The number of carbonyl (C=O) groups excluding carboxylic acids is 1. The summed E-state index contributed by atoms with van der Waals surface area (Å²) in [5.41, 5.74) is 1.55. The summed E-state index contributed by atoms with van der Waals surface area (Å²) >= 11 is 13.6. The lowest BCUT2D eigenvalue weighted by Crippen LogP contribution is -2.26. The van der Waals surface area contributed by atoms with Crippen LogP contribution in [-0.2, 0) is 11.3 Å². The van der Waals surface area contributed by atoms with Gasteiger partial charge in [0.2, 0.25) is 0 Å². The normalized spacial score (nSPS) is 17.9. The van der Waals surface area contributed by atoms with Gasteiger partial charge >= 0.3 is 6.03 Å². The standard InChI is InChI=1S/C17H19Cl2N3O2S/c1-10-11(2)25-17(22(10)9-12-5-4-8-24-12)21-16(23)20-14-7-3-6-13(18)15(14)19/h3,6-7,12H,4-5,8-9H2,1-2H3,(H,20,23). The zero-order chi connectivity index (χ0) is 18.0. The molecule has 0 radical (unpaired) electrons. The van der Waals surface area contributed by atoms with Crippen molar-refractivity contribution in [2.75, 3.05) is 11.9 Å². The number of carbonyl (C=O) groups is 1. The first-order valence-corrected chi connectivity index (χ1v) is 9.61. The number of nitrogens with one attached hydrogen (secondary N) is 1. The van der Waals surface area contributed by atoms with Gasteiger partial charge in [0.15, 0.2) is 4.80 Å². The maximum atomic E-state index is 12.3. The number of halogens is 2. The van der Waals surface area contributed by atoms with Crippen molar-refractivity contribution in [3.63, 3.8) is 0 Å². The number of thiazole rings is 1. The van der Waals surface area contributed by atoms with E-state index in [1.807, 2.05) is 13.8 Å². The van der Waals surface area contributed by atoms with Crippen molar-refractivity contribution in [3.05, 3.63) is 43.6 Å². The lowest BCUT2D eigenvalue weighted by atomic mass is 10.2. The maximum absolute atomic E-state index is 12.3. The Hall–Kier alpha value is -1.34. The molecular formula is C17H19Cl2N3O2S. The van der Waals surface area contributed by atoms with Crippen LogP contribution in [0, 0.1) is 13.8 Å². The van der Waals surface area contributed by atoms with Crippen LogP contribution >= 0.6 is 34.5 Å². The number of amides is 2. The van der Waals surface area contributed by atoms with Gasteiger partial charge in [-0.2, -0.15) is 4.99 Å². The van der Waals surface area contributed by atoms with Crippen LogP contribution in [0.4, 0.5) is 10.5 Å². The molecular weight excluding hydrogens is 381 g/mol. The van der Waals surface area contributed by atoms with Crippen LogP contribution in [0.2, 0.25) is 10.0 Å². The highest BCUT2D eigenvalue weighted by Gasteiger charge is 2.19. The van der Waals surface area contributed by atoms with E-state index >= 15 is 0 Å². The second-order valence-corrected chi connectivity index (χ2v) is 7.88. The third-order valence-corrected chi connectivity index (χ3v) is 6.11. The van der Waals surface area contributed by atoms with Crippen molar-refractivity contribution in [2.45, 2.75) is 39.3 Å². The number of nitrogens with zero attached hydrogens (tertiary/aromatic N) is 2. The molecule has 2 aromatic rings. The highest BCUT2D eigenvalue weighted by atomic mass is 35.5. The Morgan fingerprint density at radius 2 is 2.24 bits per heavy atom. The molecule has 1 aromatic carbocycles. The molecule has 0 bridgehead atoms. The van der Waals surface area contributed by atoms with Gasteiger partial charge < -0.3 is 14.6 Å². The number of hydrogen-bond donors (Lipinski definition) is 1. The van der Waals surface area contributed by atoms with Crippen LogP contribution in [0.25, 0.3) is 0 Å². The fourth-order valence-corrected chi connectivity index (χ4v) is 4.05. The number of urea groups is 1. The van der Waals surface area contributed by atoms with Gasteiger partial charge in [-0.15, -0.1) is 11.3 Å². The van der Waals surface area contributed by atoms with Crippen LogP contribution in [-0.4, -0.2) is 23.3 Å². The fraction of sp³-hybridized carbons (Fsp3) is 0.412. The summed E-state index contributed by atoms with van der Waals surface area (Å²) in [6.07, 6.45) is 2.29. The summed E-state index contributed by atoms with van der Waals surface area (Å²) in [7, 11) is 0. The summed E-state index contributed by atoms with van der Waals surface area (Å²) in [4.78, 5) is 18.3. The maximum Gasteiger partial charge on any atom is 0.348 e. The largest absolute Gasteiger partial charge is 0.376 e. The van der Waals surface area contributed by atoms with Crippen molar-refractivity contribution in [3.8, 4) is 0 Å². The molecule has 2 heterocycles. The molecule has 0 aliphatic carbocycles. The Bertz CT molecular complexity index is 854. The summed E-state index contributed by atoms with van der Waals surface area (Å²) in [6.45, 7) is 5.57. The smallest absolute Gasteiger partial charge is 0.348 e. The quantitative estimate of drug-likeness (QED) is 0.806. The fourth-order valence-electron chi connectivity index (χ4n) is 2.72. The molecule has 1 saturated heterocycles. The second-order valence-electron chi connectivity index (χ2n) is 5.92. The molecule has 0 spiro atoms. The van der Waals surface area contributed by atoms with E-state index in [-0.39, 0.29) is 6.10 Å². The Morgan fingerprint density at radius 3 is 2.96 bits per heavy atom. The number of benzene rings is 1. The zero-order valence-electron chi connectivity index (χ0n) is 14.0. The van der Waals surface area contributed by atoms with Crippen LogP contribution in [0.3, 0.4) is 0 Å². The predicted molar refractivity (Wildman–Crippen MR) is 102 cm³/mol. The van der Waals surface area contributed by atoms with E-state index in [2.05, 4.69) is 14.9 Å². The molecule has 1 fully saturated rings. The molecule has 5 nitrogen and oxygen atoms in total. The van der Waals surface area contributed by atoms with Gasteiger partial charge in [0.1, 0.15) is 0 Å². The molecule has 8 heteroatoms. The third-order valence-electron chi connectivity index (χ3n) is 4.19. The monoisotopic (exact) mass is 399 g/mol. The van der Waals surface area contributed by atoms with E-state index < -0.39 is 6.03 Å². The lowest BCUT2D eigenvalue weighted by Gasteiger charge is -2.12. The van der Waals surface area contributed by atoms with Crippen LogP contribution < -0.4 is 10.1 Å². The molecule has 1 unspecified atom stereocenters. The van der Waals surface area contributed by atoms with Gasteiger partial charge in [-0.05, 0) is 38.8 Å². The van der Waals surface area contributed by atoms with Crippen molar-refractivity contribution in [1.82, 2.24) is 4.57 Å². The topological polar surface area (TPSA) is 55.6 Å². The minimum atomic E-state index is -0.480. The van der Waals surface area contributed by atoms with Gasteiger partial charge in [0, 0.05) is 17.2 Å². The number of aromatic nitrogens is 1. The Kier molecular flexibility index (Phi) is 5.84. The molecule has 134 valence electrons. The Morgan fingerprint density at radius 1 is 1.44 bits per heavy atom. The molecule has 3 rings (SSSR count). The van der Waals surface area contributed by atoms with E-state index in [0.29, 0.717) is 27.1 Å². The first-order chi connectivity index (χ1) is 12.0. The molecule has 1 aliphatic heterocycles. The molecule has 25 heavy (non-hydrogen) atoms. The summed E-state index contributed by atoms with van der Waals surface area (Å²) in [5, 5.41) is 3.38. The summed E-state index contributed by atoms with van der Waals surface area (Å²) in [6, 6.07) is 4.60. The number of hydrogen-bond acceptors (Lipinski definition) is 3. The van der Waals surface area contributed by atoms with Crippen molar-refractivity contribution in [1.29, 1.82) is 0 Å². The minimum absolute atomic E-state index is 0.178. The van der Waals surface area contributed by atoms with Crippen molar-refractivity contribution < 1.29 is 9.53 Å². The van der Waals surface area contributed by atoms with Crippen molar-refractivity contribution >= 4 is 46.3 Å². The minimum Gasteiger partial charge on any atom is -0.376 e. The number of rotatable bonds is 3. The SMILES string of the molecule is Cc1sc(=NC(=O)Nc2cccc(Cl)c2Cl)n(CC2CCCO2)c1C. The molecule has 0 saturated carbocycles. The molecule has 1 aliphatic rings. The lowest BCUT2D eigenvalue weighted by molar-refractivity contribution is 0.0959. The van der Waals surface area contributed by atoms with Gasteiger partial charge in [-0.25, -0.2) is 4.79 Å². The van der Waals surface area contributed by atoms with Gasteiger partial charge in [0.05, 0.1) is 28.4 Å². The van der Waals surface area contributed by atoms with Crippen LogP contribution in [0.5, 0.6) is 0 Å². The van der Waals surface area contributed by atoms with Crippen LogP contribution in [0.1, 0.15) is 23.4 Å². The van der Waals surface area contributed by atoms with Crippen molar-refractivity contribution in [2.24, 2.45) is 4.99 Å². The number of anilines is 1. The predicted octanol–water partition coefficient (Wildman–Crippen LogP) is 4.79. The summed E-state index contributed by atoms with van der Waals surface area (Å²) in [5.74, 6) is 0. The van der Waals surface area contributed by atoms with E-state index in [0.717, 1.165) is 30.0 Å². The second kappa shape index (κ2) is 7.91. The molecule has 1 atom stereocenters. The zero-order valence-corrected chi connectivity index (χ0v) is 16.3. The first-order valence-electron chi connectivity index (χ1n) is 8.04. The molecule has 1 aromatic heterocycles. The van der Waals surface area contributed by atoms with E-state index in [1.165, 1.54) is 11.3 Å².